The fourth-order valence-electron chi connectivity index (χ4n) is 2.12. The van der Waals surface area contributed by atoms with Gasteiger partial charge in [0.1, 0.15) is 6.10 Å². The number of benzene rings is 2. The molecule has 0 fully saturated rings. The molecule has 0 saturated heterocycles. The Balaban J connectivity index is 2.46. The SMILES string of the molecule is Cc1cc(C(O)c2cc(C)c(Br)cc2C)ccc1Cl. The molecule has 0 radical (unpaired) electrons. The van der Waals surface area contributed by atoms with Crippen LogP contribution in [0.4, 0.5) is 0 Å². The topological polar surface area (TPSA) is 20.2 Å². The second kappa shape index (κ2) is 5.66. The molecule has 0 amide bonds. The van der Waals surface area contributed by atoms with Crippen LogP contribution >= 0.6 is 27.5 Å². The Hall–Kier alpha value is -0.830. The minimum atomic E-state index is -0.622. The van der Waals surface area contributed by atoms with Crippen LogP contribution in [-0.2, 0) is 0 Å². The first-order valence-corrected chi connectivity index (χ1v) is 7.28. The number of aliphatic hydroxyl groups excluding tert-OH is 1. The van der Waals surface area contributed by atoms with E-state index in [1.54, 1.807) is 0 Å². The highest BCUT2D eigenvalue weighted by Gasteiger charge is 2.15. The van der Waals surface area contributed by atoms with Gasteiger partial charge in [-0.25, -0.2) is 0 Å². The summed E-state index contributed by atoms with van der Waals surface area (Å²) < 4.78 is 1.06. The Bertz CT molecular complexity index is 622. The smallest absolute Gasteiger partial charge is 0.104 e. The van der Waals surface area contributed by atoms with E-state index >= 15 is 0 Å². The van der Waals surface area contributed by atoms with Gasteiger partial charge in [0.25, 0.3) is 0 Å². The molecule has 0 aliphatic rings. The highest BCUT2D eigenvalue weighted by molar-refractivity contribution is 9.10. The average Bonchev–Trinajstić information content (AvgIpc) is 2.36. The third-order valence-electron chi connectivity index (χ3n) is 3.34. The lowest BCUT2D eigenvalue weighted by Crippen LogP contribution is -2.03. The summed E-state index contributed by atoms with van der Waals surface area (Å²) in [5.74, 6) is 0. The van der Waals surface area contributed by atoms with E-state index in [9.17, 15) is 5.11 Å². The minimum absolute atomic E-state index is 0.622. The molecule has 19 heavy (non-hydrogen) atoms. The van der Waals surface area contributed by atoms with Crippen molar-refractivity contribution < 1.29 is 5.11 Å². The molecular weight excluding hydrogens is 324 g/mol. The zero-order valence-electron chi connectivity index (χ0n) is 11.2. The van der Waals surface area contributed by atoms with E-state index in [-0.39, 0.29) is 0 Å². The van der Waals surface area contributed by atoms with Crippen molar-refractivity contribution in [3.63, 3.8) is 0 Å². The van der Waals surface area contributed by atoms with E-state index in [1.807, 2.05) is 51.1 Å². The van der Waals surface area contributed by atoms with Crippen molar-refractivity contribution in [3.8, 4) is 0 Å². The zero-order valence-corrected chi connectivity index (χ0v) is 13.5. The van der Waals surface area contributed by atoms with Crippen LogP contribution in [0.2, 0.25) is 5.02 Å². The van der Waals surface area contributed by atoms with Gasteiger partial charge < -0.3 is 5.11 Å². The summed E-state index contributed by atoms with van der Waals surface area (Å²) in [4.78, 5) is 0. The van der Waals surface area contributed by atoms with Crippen LogP contribution in [0.25, 0.3) is 0 Å². The summed E-state index contributed by atoms with van der Waals surface area (Å²) >= 11 is 9.53. The van der Waals surface area contributed by atoms with Gasteiger partial charge >= 0.3 is 0 Å². The maximum absolute atomic E-state index is 10.5. The maximum Gasteiger partial charge on any atom is 0.104 e. The standard InChI is InChI=1S/C16H16BrClO/c1-9-8-14(17)10(2)7-13(9)16(19)12-4-5-15(18)11(3)6-12/h4-8,16,19H,1-3H3. The van der Waals surface area contributed by atoms with Gasteiger partial charge in [0.15, 0.2) is 0 Å². The molecule has 1 nitrogen and oxygen atoms in total. The summed E-state index contributed by atoms with van der Waals surface area (Å²) in [6.45, 7) is 5.97. The number of aliphatic hydroxyl groups is 1. The first-order valence-electron chi connectivity index (χ1n) is 6.11. The van der Waals surface area contributed by atoms with Crippen molar-refractivity contribution in [1.29, 1.82) is 0 Å². The number of hydrogen-bond acceptors (Lipinski definition) is 1. The van der Waals surface area contributed by atoms with Gasteiger partial charge in [0.05, 0.1) is 0 Å². The minimum Gasteiger partial charge on any atom is -0.384 e. The maximum atomic E-state index is 10.5. The number of hydrogen-bond donors (Lipinski definition) is 1. The Kier molecular flexibility index (Phi) is 4.34. The zero-order chi connectivity index (χ0) is 14.2. The Morgan fingerprint density at radius 1 is 1.00 bits per heavy atom. The molecule has 0 bridgehead atoms. The molecule has 2 aromatic carbocycles. The lowest BCUT2D eigenvalue weighted by Gasteiger charge is -2.16. The van der Waals surface area contributed by atoms with Crippen molar-refractivity contribution in [2.24, 2.45) is 0 Å². The molecule has 0 aromatic heterocycles. The Labute approximate surface area is 127 Å². The first kappa shape index (κ1) is 14.6. The summed E-state index contributed by atoms with van der Waals surface area (Å²) in [6, 6.07) is 9.70. The fourth-order valence-corrected chi connectivity index (χ4v) is 2.69. The van der Waals surface area contributed by atoms with Crippen molar-refractivity contribution in [2.75, 3.05) is 0 Å². The van der Waals surface area contributed by atoms with Crippen LogP contribution in [0, 0.1) is 20.8 Å². The Morgan fingerprint density at radius 2 is 1.68 bits per heavy atom. The van der Waals surface area contributed by atoms with E-state index in [1.165, 1.54) is 0 Å². The van der Waals surface area contributed by atoms with E-state index in [2.05, 4.69) is 15.9 Å². The lowest BCUT2D eigenvalue weighted by molar-refractivity contribution is 0.219. The van der Waals surface area contributed by atoms with E-state index in [4.69, 9.17) is 11.6 Å². The van der Waals surface area contributed by atoms with Gasteiger partial charge in [0, 0.05) is 9.50 Å². The predicted octanol–water partition coefficient (Wildman–Crippen LogP) is 5.11. The van der Waals surface area contributed by atoms with E-state index in [0.717, 1.165) is 37.3 Å². The van der Waals surface area contributed by atoms with Crippen molar-refractivity contribution in [3.05, 3.63) is 67.6 Å². The molecular formula is C16H16BrClO. The molecule has 0 spiro atoms. The van der Waals surface area contributed by atoms with Gasteiger partial charge in [0.2, 0.25) is 0 Å². The predicted molar refractivity (Wildman–Crippen MR) is 83.9 cm³/mol. The van der Waals surface area contributed by atoms with Crippen LogP contribution in [-0.4, -0.2) is 5.11 Å². The summed E-state index contributed by atoms with van der Waals surface area (Å²) in [5.41, 5.74) is 4.96. The highest BCUT2D eigenvalue weighted by atomic mass is 79.9. The average molecular weight is 340 g/mol. The van der Waals surface area contributed by atoms with E-state index in [0.29, 0.717) is 0 Å². The van der Waals surface area contributed by atoms with Crippen LogP contribution in [0.1, 0.15) is 33.9 Å². The quantitative estimate of drug-likeness (QED) is 0.806. The second-order valence-electron chi connectivity index (χ2n) is 4.87. The Morgan fingerprint density at radius 3 is 2.32 bits per heavy atom. The van der Waals surface area contributed by atoms with Gasteiger partial charge in [-0.05, 0) is 60.7 Å². The molecule has 100 valence electrons. The van der Waals surface area contributed by atoms with Crippen LogP contribution in [0.15, 0.2) is 34.8 Å². The third-order valence-corrected chi connectivity index (χ3v) is 4.62. The highest BCUT2D eigenvalue weighted by Crippen LogP contribution is 2.30. The van der Waals surface area contributed by atoms with Gasteiger partial charge in [-0.1, -0.05) is 45.7 Å². The molecule has 2 rings (SSSR count). The first-order chi connectivity index (χ1) is 8.90. The van der Waals surface area contributed by atoms with Crippen LogP contribution in [0.3, 0.4) is 0 Å². The van der Waals surface area contributed by atoms with Gasteiger partial charge in [-0.15, -0.1) is 0 Å². The van der Waals surface area contributed by atoms with Gasteiger partial charge in [-0.3, -0.25) is 0 Å². The second-order valence-corrected chi connectivity index (χ2v) is 6.13. The molecule has 1 atom stereocenters. The number of aryl methyl sites for hydroxylation is 3. The van der Waals surface area contributed by atoms with Crippen molar-refractivity contribution >= 4 is 27.5 Å². The normalized spacial score (nSPS) is 12.5. The van der Waals surface area contributed by atoms with Crippen molar-refractivity contribution in [1.82, 2.24) is 0 Å². The number of halogens is 2. The van der Waals surface area contributed by atoms with Crippen molar-refractivity contribution in [2.45, 2.75) is 26.9 Å². The summed E-state index contributed by atoms with van der Waals surface area (Å²) in [5, 5.41) is 11.3. The molecule has 2 aromatic rings. The lowest BCUT2D eigenvalue weighted by atomic mass is 9.95. The fraction of sp³-hybridized carbons (Fsp3) is 0.250. The van der Waals surface area contributed by atoms with Crippen LogP contribution in [0.5, 0.6) is 0 Å². The van der Waals surface area contributed by atoms with E-state index < -0.39 is 6.10 Å². The third kappa shape index (κ3) is 3.02. The molecule has 3 heteroatoms. The molecule has 1 unspecified atom stereocenters. The van der Waals surface area contributed by atoms with Gasteiger partial charge in [-0.2, -0.15) is 0 Å². The summed E-state index contributed by atoms with van der Waals surface area (Å²) in [6.07, 6.45) is -0.622. The largest absolute Gasteiger partial charge is 0.384 e. The molecule has 0 aliphatic carbocycles. The molecule has 0 aliphatic heterocycles. The monoisotopic (exact) mass is 338 g/mol. The molecule has 0 heterocycles. The molecule has 0 saturated carbocycles. The number of rotatable bonds is 2. The molecule has 1 N–H and O–H groups in total. The van der Waals surface area contributed by atoms with Crippen LogP contribution < -0.4 is 0 Å². The summed E-state index contributed by atoms with van der Waals surface area (Å²) in [7, 11) is 0.